The quantitative estimate of drug-likeness (QED) is 0.266. The molecule has 1 nitrogen and oxygen atoms in total. The predicted molar refractivity (Wildman–Crippen MR) is 109 cm³/mol. The zero-order valence-electron chi connectivity index (χ0n) is 15.8. The molecule has 0 fully saturated rings. The second-order valence-corrected chi connectivity index (χ2v) is 8.73. The van der Waals surface area contributed by atoms with Gasteiger partial charge in [-0.25, -0.2) is 0 Å². The van der Waals surface area contributed by atoms with Gasteiger partial charge in [0.05, 0.1) is 0 Å². The topological polar surface area (TPSA) is 17.1 Å². The fourth-order valence-electron chi connectivity index (χ4n) is 2.52. The number of carbonyl (C=O) groups excluding carboxylic acids is 1. The molecule has 1 rings (SSSR count). The highest BCUT2D eigenvalue weighted by molar-refractivity contribution is 7.99. The first-order valence-electron chi connectivity index (χ1n) is 8.83. The maximum Gasteiger partial charge on any atom is 0.186 e. The maximum absolute atomic E-state index is 12.1. The Morgan fingerprint density at radius 2 is 1.92 bits per heavy atom. The first-order chi connectivity index (χ1) is 11.3. The number of rotatable bonds is 10. The van der Waals surface area contributed by atoms with E-state index in [-0.39, 0.29) is 5.78 Å². The molecule has 0 aliphatic rings. The van der Waals surface area contributed by atoms with Gasteiger partial charge in [0.15, 0.2) is 5.78 Å². The minimum absolute atomic E-state index is 0.0742. The molecule has 1 atom stereocenters. The molecule has 0 radical (unpaired) electrons. The Morgan fingerprint density at radius 3 is 2.54 bits per heavy atom. The largest absolute Gasteiger partial charge is 0.289 e. The van der Waals surface area contributed by atoms with Gasteiger partial charge in [0, 0.05) is 10.3 Å². The number of allylic oxidation sites excluding steroid dienone is 4. The van der Waals surface area contributed by atoms with Crippen LogP contribution in [0.25, 0.3) is 0 Å². The van der Waals surface area contributed by atoms with Crippen LogP contribution in [-0.2, 0) is 0 Å². The van der Waals surface area contributed by atoms with Crippen molar-refractivity contribution in [2.45, 2.75) is 58.1 Å². The standard InChI is InChI=1S/C22H32OS/c1-18(13-10-16-22(3,4)24-5)11-9-12-19(2)17-21(23)20-14-7-6-8-15-20/h6-9,12,14-15,17-18H,10-11,13,16H2,1-5H3/b12-9+,19-17+. The van der Waals surface area contributed by atoms with Crippen LogP contribution in [0.3, 0.4) is 0 Å². The van der Waals surface area contributed by atoms with Crippen LogP contribution >= 0.6 is 11.8 Å². The van der Waals surface area contributed by atoms with Crippen LogP contribution in [0.1, 0.15) is 63.7 Å². The minimum Gasteiger partial charge on any atom is -0.289 e. The summed E-state index contributed by atoms with van der Waals surface area (Å²) in [5.74, 6) is 0.765. The van der Waals surface area contributed by atoms with Crippen molar-refractivity contribution in [1.29, 1.82) is 0 Å². The second-order valence-electron chi connectivity index (χ2n) is 7.22. The van der Waals surface area contributed by atoms with Crippen LogP contribution in [0, 0.1) is 5.92 Å². The highest BCUT2D eigenvalue weighted by Gasteiger charge is 2.15. The lowest BCUT2D eigenvalue weighted by atomic mass is 9.96. The van der Waals surface area contributed by atoms with Gasteiger partial charge in [-0.2, -0.15) is 11.8 Å². The van der Waals surface area contributed by atoms with E-state index in [4.69, 9.17) is 0 Å². The molecule has 0 aliphatic carbocycles. The van der Waals surface area contributed by atoms with Gasteiger partial charge < -0.3 is 0 Å². The molecule has 0 amide bonds. The van der Waals surface area contributed by atoms with Gasteiger partial charge in [0.2, 0.25) is 0 Å². The van der Waals surface area contributed by atoms with Gasteiger partial charge in [0.25, 0.3) is 0 Å². The molecule has 0 aromatic heterocycles. The lowest BCUT2D eigenvalue weighted by Gasteiger charge is -2.22. The Balaban J connectivity index is 2.37. The van der Waals surface area contributed by atoms with Crippen LogP contribution < -0.4 is 0 Å². The van der Waals surface area contributed by atoms with E-state index < -0.39 is 0 Å². The summed E-state index contributed by atoms with van der Waals surface area (Å²) in [7, 11) is 0. The van der Waals surface area contributed by atoms with Crippen LogP contribution in [0.5, 0.6) is 0 Å². The highest BCUT2D eigenvalue weighted by Crippen LogP contribution is 2.28. The Hall–Kier alpha value is -1.28. The van der Waals surface area contributed by atoms with Gasteiger partial charge in [-0.15, -0.1) is 0 Å². The van der Waals surface area contributed by atoms with Crippen LogP contribution in [0.2, 0.25) is 0 Å². The second kappa shape index (κ2) is 10.6. The Labute approximate surface area is 152 Å². The summed E-state index contributed by atoms with van der Waals surface area (Å²) in [4.78, 5) is 12.1. The van der Waals surface area contributed by atoms with Gasteiger partial charge in [-0.1, -0.05) is 76.1 Å². The Bertz CT molecular complexity index is 555. The summed E-state index contributed by atoms with van der Waals surface area (Å²) >= 11 is 1.95. The number of ketones is 1. The Kier molecular flexibility index (Phi) is 9.13. The average Bonchev–Trinajstić information content (AvgIpc) is 2.55. The summed E-state index contributed by atoms with van der Waals surface area (Å²) in [6.45, 7) is 8.94. The molecule has 0 heterocycles. The number of hydrogen-bond acceptors (Lipinski definition) is 2. The highest BCUT2D eigenvalue weighted by atomic mass is 32.2. The lowest BCUT2D eigenvalue weighted by molar-refractivity contribution is 0.104. The molecule has 24 heavy (non-hydrogen) atoms. The van der Waals surface area contributed by atoms with Crippen molar-refractivity contribution >= 4 is 17.5 Å². The number of hydrogen-bond donors (Lipinski definition) is 0. The maximum atomic E-state index is 12.1. The van der Waals surface area contributed by atoms with Crippen molar-refractivity contribution < 1.29 is 4.79 Å². The van der Waals surface area contributed by atoms with Crippen molar-refractivity contribution in [3.8, 4) is 0 Å². The predicted octanol–water partition coefficient (Wildman–Crippen LogP) is 6.71. The zero-order chi connectivity index (χ0) is 18.0. The SMILES string of the molecule is CSC(C)(C)CCCC(C)C/C=C/C(C)=C/C(=O)c1ccccc1. The summed E-state index contributed by atoms with van der Waals surface area (Å²) in [5, 5.41) is 0. The first-order valence-corrected chi connectivity index (χ1v) is 10.1. The number of benzene rings is 1. The molecule has 2 heteroatoms. The van der Waals surface area contributed by atoms with Gasteiger partial charge in [-0.3, -0.25) is 4.79 Å². The third-order valence-corrected chi connectivity index (χ3v) is 5.67. The van der Waals surface area contributed by atoms with E-state index in [2.05, 4.69) is 39.2 Å². The molecule has 0 aliphatic heterocycles. The van der Waals surface area contributed by atoms with Crippen molar-refractivity contribution in [1.82, 2.24) is 0 Å². The summed E-state index contributed by atoms with van der Waals surface area (Å²) in [6, 6.07) is 9.43. The van der Waals surface area contributed by atoms with E-state index in [0.29, 0.717) is 10.7 Å². The van der Waals surface area contributed by atoms with Crippen molar-refractivity contribution in [2.24, 2.45) is 5.92 Å². The molecule has 132 valence electrons. The summed E-state index contributed by atoms with van der Waals surface area (Å²) in [6.07, 6.45) is 13.1. The van der Waals surface area contributed by atoms with Crippen molar-refractivity contribution in [3.05, 3.63) is 59.7 Å². The van der Waals surface area contributed by atoms with E-state index in [1.807, 2.05) is 49.0 Å². The fraction of sp³-hybridized carbons (Fsp3) is 0.500. The first kappa shape index (κ1) is 20.8. The molecule has 1 unspecified atom stereocenters. The van der Waals surface area contributed by atoms with E-state index in [0.717, 1.165) is 17.6 Å². The molecular formula is C22H32OS. The molecule has 0 bridgehead atoms. The zero-order valence-corrected chi connectivity index (χ0v) is 16.7. The smallest absolute Gasteiger partial charge is 0.186 e. The van der Waals surface area contributed by atoms with E-state index in [1.54, 1.807) is 6.08 Å². The molecule has 0 saturated heterocycles. The number of carbonyl (C=O) groups is 1. The number of thioether (sulfide) groups is 1. The minimum atomic E-state index is 0.0742. The average molecular weight is 345 g/mol. The third-order valence-electron chi connectivity index (χ3n) is 4.36. The molecule has 0 saturated carbocycles. The van der Waals surface area contributed by atoms with Crippen LogP contribution in [0.4, 0.5) is 0 Å². The Morgan fingerprint density at radius 1 is 1.25 bits per heavy atom. The van der Waals surface area contributed by atoms with Crippen LogP contribution in [-0.4, -0.2) is 16.8 Å². The lowest BCUT2D eigenvalue weighted by Crippen LogP contribution is -2.13. The monoisotopic (exact) mass is 344 g/mol. The fourth-order valence-corrected chi connectivity index (χ4v) is 2.87. The molecule has 0 spiro atoms. The van der Waals surface area contributed by atoms with Crippen molar-refractivity contribution in [3.63, 3.8) is 0 Å². The normalized spacial score (nSPS) is 14.1. The molecular weight excluding hydrogens is 312 g/mol. The van der Waals surface area contributed by atoms with Crippen LogP contribution in [0.15, 0.2) is 54.1 Å². The van der Waals surface area contributed by atoms with E-state index in [9.17, 15) is 4.79 Å². The summed E-state index contributed by atoms with van der Waals surface area (Å²) < 4.78 is 0.396. The van der Waals surface area contributed by atoms with E-state index >= 15 is 0 Å². The van der Waals surface area contributed by atoms with Gasteiger partial charge in [-0.05, 0) is 43.6 Å². The molecule has 0 N–H and O–H groups in total. The van der Waals surface area contributed by atoms with Gasteiger partial charge in [0.1, 0.15) is 0 Å². The van der Waals surface area contributed by atoms with Gasteiger partial charge >= 0.3 is 0 Å². The molecule has 1 aromatic carbocycles. The summed E-state index contributed by atoms with van der Waals surface area (Å²) in [5.41, 5.74) is 1.76. The molecule has 1 aromatic rings. The van der Waals surface area contributed by atoms with Crippen molar-refractivity contribution in [2.75, 3.05) is 6.26 Å². The third kappa shape index (κ3) is 8.54. The van der Waals surface area contributed by atoms with E-state index in [1.165, 1.54) is 19.3 Å².